The van der Waals surface area contributed by atoms with Crippen LogP contribution in [-0.4, -0.2) is 30.3 Å². The molecule has 0 bridgehead atoms. The van der Waals surface area contributed by atoms with Gasteiger partial charge in [0, 0.05) is 24.4 Å². The van der Waals surface area contributed by atoms with Gasteiger partial charge in [0.15, 0.2) is 0 Å². The zero-order chi connectivity index (χ0) is 16.7. The Labute approximate surface area is 135 Å². The van der Waals surface area contributed by atoms with Crippen molar-refractivity contribution in [2.45, 2.75) is 6.92 Å². The number of aromatic amines is 1. The molecule has 0 amide bonds. The molecular formula is C18H18N2O3. The smallest absolute Gasteiger partial charge is 0.274 e. The average molecular weight is 310 g/mol. The van der Waals surface area contributed by atoms with Gasteiger partial charge in [-0.05, 0) is 12.8 Å². The van der Waals surface area contributed by atoms with Crippen molar-refractivity contribution >= 4 is 5.76 Å². The fourth-order valence-electron chi connectivity index (χ4n) is 1.94. The highest BCUT2D eigenvalue weighted by Crippen LogP contribution is 2.19. The molecule has 0 aliphatic carbocycles. The number of H-pyrrole nitrogens is 1. The average Bonchev–Trinajstić information content (AvgIpc) is 2.57. The largest absolute Gasteiger partial charge is 0.494 e. The number of methoxy groups -OCH3 is 1. The van der Waals surface area contributed by atoms with Crippen LogP contribution in [0, 0.1) is 11.8 Å². The van der Waals surface area contributed by atoms with Crippen molar-refractivity contribution in [2.75, 3.05) is 20.3 Å². The van der Waals surface area contributed by atoms with Crippen LogP contribution in [0.4, 0.5) is 0 Å². The number of aromatic nitrogens is 2. The van der Waals surface area contributed by atoms with Crippen molar-refractivity contribution in [3.05, 3.63) is 58.7 Å². The standard InChI is InChI=1S/C18H18N2O3/c1-4-23-13(2)14-7-9-15(10-8-14)17-18(21)19-12-16(20-17)6-5-11-22-3/h7-10,12H,2,4,11H2,1,3H3,(H,19,21). The molecule has 1 aromatic heterocycles. The Morgan fingerprint density at radius 2 is 2.09 bits per heavy atom. The van der Waals surface area contributed by atoms with Crippen molar-refractivity contribution in [3.63, 3.8) is 0 Å². The first-order valence-corrected chi connectivity index (χ1v) is 7.15. The lowest BCUT2D eigenvalue weighted by atomic mass is 10.1. The van der Waals surface area contributed by atoms with Gasteiger partial charge in [-0.25, -0.2) is 4.98 Å². The van der Waals surface area contributed by atoms with Gasteiger partial charge in [-0.2, -0.15) is 0 Å². The second kappa shape index (κ2) is 7.97. The third kappa shape index (κ3) is 4.31. The SMILES string of the molecule is C=C(OCC)c1ccc(-c2nc(C#CCOC)c[nH]c2=O)cc1. The van der Waals surface area contributed by atoms with E-state index in [1.807, 2.05) is 31.2 Å². The van der Waals surface area contributed by atoms with E-state index in [1.165, 1.54) is 6.20 Å². The number of nitrogens with one attached hydrogen (secondary N) is 1. The molecular weight excluding hydrogens is 292 g/mol. The first-order chi connectivity index (χ1) is 11.2. The predicted molar refractivity (Wildman–Crippen MR) is 89.7 cm³/mol. The molecule has 1 N–H and O–H groups in total. The molecule has 0 saturated carbocycles. The maximum Gasteiger partial charge on any atom is 0.274 e. The molecule has 0 saturated heterocycles. The maximum atomic E-state index is 12.0. The maximum absolute atomic E-state index is 12.0. The minimum Gasteiger partial charge on any atom is -0.494 e. The molecule has 2 rings (SSSR count). The van der Waals surface area contributed by atoms with Crippen molar-refractivity contribution in [3.8, 4) is 23.1 Å². The molecule has 5 nitrogen and oxygen atoms in total. The fourth-order valence-corrected chi connectivity index (χ4v) is 1.94. The number of rotatable bonds is 5. The van der Waals surface area contributed by atoms with Crippen molar-refractivity contribution in [1.82, 2.24) is 9.97 Å². The summed E-state index contributed by atoms with van der Waals surface area (Å²) >= 11 is 0. The van der Waals surface area contributed by atoms with Crippen LogP contribution in [0.5, 0.6) is 0 Å². The van der Waals surface area contributed by atoms with Crippen LogP contribution in [0.2, 0.25) is 0 Å². The van der Waals surface area contributed by atoms with E-state index >= 15 is 0 Å². The molecule has 1 heterocycles. The Hall–Kier alpha value is -2.84. The van der Waals surface area contributed by atoms with Gasteiger partial charge in [0.2, 0.25) is 0 Å². The molecule has 0 radical (unpaired) electrons. The number of ether oxygens (including phenoxy) is 2. The van der Waals surface area contributed by atoms with Crippen LogP contribution in [0.25, 0.3) is 17.0 Å². The van der Waals surface area contributed by atoms with E-state index in [0.29, 0.717) is 35.9 Å². The van der Waals surface area contributed by atoms with Gasteiger partial charge in [-0.1, -0.05) is 36.8 Å². The van der Waals surface area contributed by atoms with Gasteiger partial charge in [0.25, 0.3) is 5.56 Å². The van der Waals surface area contributed by atoms with E-state index in [1.54, 1.807) is 7.11 Å². The summed E-state index contributed by atoms with van der Waals surface area (Å²) in [6.45, 7) is 6.63. The molecule has 0 spiro atoms. The predicted octanol–water partition coefficient (Wildman–Crippen LogP) is 2.44. The van der Waals surface area contributed by atoms with Gasteiger partial charge in [0.05, 0.1) is 6.61 Å². The molecule has 1 aromatic carbocycles. The third-order valence-corrected chi connectivity index (χ3v) is 3.02. The van der Waals surface area contributed by atoms with Crippen molar-refractivity contribution < 1.29 is 9.47 Å². The topological polar surface area (TPSA) is 64.2 Å². The first kappa shape index (κ1) is 16.5. The zero-order valence-corrected chi connectivity index (χ0v) is 13.2. The number of nitrogens with zero attached hydrogens (tertiary/aromatic N) is 1. The summed E-state index contributed by atoms with van der Waals surface area (Å²) in [7, 11) is 1.57. The van der Waals surface area contributed by atoms with Crippen molar-refractivity contribution in [2.24, 2.45) is 0 Å². The summed E-state index contributed by atoms with van der Waals surface area (Å²) in [4.78, 5) is 18.9. The zero-order valence-electron chi connectivity index (χ0n) is 13.2. The lowest BCUT2D eigenvalue weighted by Gasteiger charge is -2.07. The number of benzene rings is 1. The van der Waals surface area contributed by atoms with Crippen LogP contribution < -0.4 is 5.56 Å². The van der Waals surface area contributed by atoms with Gasteiger partial charge in [-0.3, -0.25) is 4.79 Å². The quantitative estimate of drug-likeness (QED) is 0.680. The summed E-state index contributed by atoms with van der Waals surface area (Å²) in [6.07, 6.45) is 1.49. The number of hydrogen-bond donors (Lipinski definition) is 1. The fraction of sp³-hybridized carbons (Fsp3) is 0.222. The van der Waals surface area contributed by atoms with Crippen LogP contribution >= 0.6 is 0 Å². The summed E-state index contributed by atoms with van der Waals surface area (Å²) in [6, 6.07) is 7.31. The van der Waals surface area contributed by atoms with Gasteiger partial charge in [0.1, 0.15) is 23.8 Å². The molecule has 0 aliphatic heterocycles. The van der Waals surface area contributed by atoms with E-state index in [-0.39, 0.29) is 5.56 Å². The minimum atomic E-state index is -0.265. The molecule has 5 heteroatoms. The minimum absolute atomic E-state index is 0.265. The van der Waals surface area contributed by atoms with E-state index in [4.69, 9.17) is 9.47 Å². The molecule has 118 valence electrons. The number of hydrogen-bond acceptors (Lipinski definition) is 4. The lowest BCUT2D eigenvalue weighted by Crippen LogP contribution is -2.11. The van der Waals surface area contributed by atoms with Crippen molar-refractivity contribution in [1.29, 1.82) is 0 Å². The summed E-state index contributed by atoms with van der Waals surface area (Å²) in [5.41, 5.74) is 2.11. The van der Waals surface area contributed by atoms with Crippen LogP contribution in [-0.2, 0) is 9.47 Å². The molecule has 0 fully saturated rings. The Morgan fingerprint density at radius 3 is 2.74 bits per heavy atom. The van der Waals surface area contributed by atoms with Crippen LogP contribution in [0.3, 0.4) is 0 Å². The second-order valence-corrected chi connectivity index (χ2v) is 4.63. The van der Waals surface area contributed by atoms with E-state index in [0.717, 1.165) is 5.56 Å². The molecule has 2 aromatic rings. The molecule has 0 unspecified atom stereocenters. The summed E-state index contributed by atoms with van der Waals surface area (Å²) in [5.74, 6) is 6.24. The van der Waals surface area contributed by atoms with Gasteiger partial charge < -0.3 is 14.5 Å². The highest BCUT2D eigenvalue weighted by Gasteiger charge is 2.07. The Balaban J connectivity index is 2.31. The summed E-state index contributed by atoms with van der Waals surface area (Å²) in [5, 5.41) is 0. The Morgan fingerprint density at radius 1 is 1.35 bits per heavy atom. The monoisotopic (exact) mass is 310 g/mol. The van der Waals surface area contributed by atoms with Gasteiger partial charge in [-0.15, -0.1) is 0 Å². The molecule has 0 aliphatic rings. The van der Waals surface area contributed by atoms with Crippen LogP contribution in [0.1, 0.15) is 18.2 Å². The van der Waals surface area contributed by atoms with E-state index in [2.05, 4.69) is 28.4 Å². The lowest BCUT2D eigenvalue weighted by molar-refractivity contribution is 0.240. The highest BCUT2D eigenvalue weighted by atomic mass is 16.5. The second-order valence-electron chi connectivity index (χ2n) is 4.63. The Bertz CT molecular complexity index is 795. The summed E-state index contributed by atoms with van der Waals surface area (Å²) < 4.78 is 10.2. The molecule has 23 heavy (non-hydrogen) atoms. The van der Waals surface area contributed by atoms with Crippen LogP contribution in [0.15, 0.2) is 41.8 Å². The normalized spacial score (nSPS) is 9.83. The third-order valence-electron chi connectivity index (χ3n) is 3.02. The van der Waals surface area contributed by atoms with E-state index in [9.17, 15) is 4.79 Å². The first-order valence-electron chi connectivity index (χ1n) is 7.15. The van der Waals surface area contributed by atoms with Gasteiger partial charge >= 0.3 is 0 Å². The Kier molecular flexibility index (Phi) is 5.73. The van der Waals surface area contributed by atoms with E-state index < -0.39 is 0 Å². The highest BCUT2D eigenvalue weighted by molar-refractivity contribution is 5.64. The molecule has 0 atom stereocenters.